The molecule has 0 spiro atoms. The van der Waals surface area contributed by atoms with Crippen molar-refractivity contribution in [1.82, 2.24) is 15.0 Å². The second kappa shape index (κ2) is 7.75. The third-order valence-corrected chi connectivity index (χ3v) is 6.22. The van der Waals surface area contributed by atoms with E-state index in [-0.39, 0.29) is 17.7 Å². The Bertz CT molecular complexity index is 1170. The standard InChI is InChI=1S/C20H20N4O4S/c1-11-7-8-13-15(9-11)29-18-17(13)19(26)24(23-22-18)10-16(25)21-14-6-4-3-5-12(14)20(27)28-2/h3-6,11H,7-10H2,1-2H3,(H,21,25)/t11-/m1/s1. The molecule has 0 unspecified atom stereocenters. The lowest BCUT2D eigenvalue weighted by Gasteiger charge is -2.17. The van der Waals surface area contributed by atoms with Crippen molar-refractivity contribution in [3.63, 3.8) is 0 Å². The molecule has 3 aromatic rings. The maximum absolute atomic E-state index is 13.0. The van der Waals surface area contributed by atoms with Crippen molar-refractivity contribution in [2.45, 2.75) is 32.7 Å². The first-order valence-corrected chi connectivity index (χ1v) is 10.1. The maximum atomic E-state index is 13.0. The van der Waals surface area contributed by atoms with Crippen molar-refractivity contribution >= 4 is 39.1 Å². The fraction of sp³-hybridized carbons (Fsp3) is 0.350. The summed E-state index contributed by atoms with van der Waals surface area (Å²) >= 11 is 1.52. The van der Waals surface area contributed by atoms with Crippen LogP contribution in [0.25, 0.3) is 10.2 Å². The number of methoxy groups -OCH3 is 1. The molecule has 9 heteroatoms. The number of para-hydroxylation sites is 1. The number of fused-ring (bicyclic) bond motifs is 3. The highest BCUT2D eigenvalue weighted by Gasteiger charge is 2.24. The average Bonchev–Trinajstić information content (AvgIpc) is 3.08. The van der Waals surface area contributed by atoms with Gasteiger partial charge in [0.2, 0.25) is 5.91 Å². The Labute approximate surface area is 170 Å². The highest BCUT2D eigenvalue weighted by atomic mass is 32.1. The third kappa shape index (κ3) is 3.65. The fourth-order valence-electron chi connectivity index (χ4n) is 3.60. The van der Waals surface area contributed by atoms with Crippen LogP contribution >= 0.6 is 11.3 Å². The minimum Gasteiger partial charge on any atom is -0.465 e. The molecule has 1 aliphatic rings. The number of ether oxygens (including phenoxy) is 1. The summed E-state index contributed by atoms with van der Waals surface area (Å²) in [6.45, 7) is 1.91. The van der Waals surface area contributed by atoms with Crippen LogP contribution in [-0.4, -0.2) is 34.0 Å². The third-order valence-electron chi connectivity index (χ3n) is 5.08. The number of nitrogens with zero attached hydrogens (tertiary/aromatic N) is 3. The van der Waals surface area contributed by atoms with E-state index in [1.54, 1.807) is 24.3 Å². The predicted octanol–water partition coefficient (Wildman–Crippen LogP) is 2.40. The highest BCUT2D eigenvalue weighted by molar-refractivity contribution is 7.18. The van der Waals surface area contributed by atoms with Crippen LogP contribution in [0.5, 0.6) is 0 Å². The van der Waals surface area contributed by atoms with Gasteiger partial charge in [-0.25, -0.2) is 9.48 Å². The summed E-state index contributed by atoms with van der Waals surface area (Å²) in [6.07, 6.45) is 2.82. The van der Waals surface area contributed by atoms with Gasteiger partial charge in [-0.2, -0.15) is 0 Å². The molecule has 0 fully saturated rings. The summed E-state index contributed by atoms with van der Waals surface area (Å²) in [5, 5.41) is 11.3. The number of anilines is 1. The number of rotatable bonds is 4. The van der Waals surface area contributed by atoms with E-state index in [9.17, 15) is 14.4 Å². The van der Waals surface area contributed by atoms with Crippen molar-refractivity contribution in [2.75, 3.05) is 12.4 Å². The van der Waals surface area contributed by atoms with Crippen LogP contribution in [0.4, 0.5) is 5.69 Å². The molecule has 1 N–H and O–H groups in total. The topological polar surface area (TPSA) is 103 Å². The Kier molecular flexibility index (Phi) is 5.14. The Balaban J connectivity index is 1.60. The molecular formula is C20H20N4O4S. The summed E-state index contributed by atoms with van der Waals surface area (Å²) < 4.78 is 5.80. The van der Waals surface area contributed by atoms with Crippen molar-refractivity contribution < 1.29 is 14.3 Å². The van der Waals surface area contributed by atoms with Crippen LogP contribution in [0.15, 0.2) is 29.1 Å². The summed E-state index contributed by atoms with van der Waals surface area (Å²) in [5.74, 6) is -0.445. The smallest absolute Gasteiger partial charge is 0.339 e. The van der Waals surface area contributed by atoms with Gasteiger partial charge in [0.15, 0.2) is 4.83 Å². The Morgan fingerprint density at radius 3 is 2.93 bits per heavy atom. The maximum Gasteiger partial charge on any atom is 0.339 e. The summed E-state index contributed by atoms with van der Waals surface area (Å²) in [6, 6.07) is 6.52. The number of carbonyl (C=O) groups is 2. The lowest BCUT2D eigenvalue weighted by molar-refractivity contribution is -0.117. The fourth-order valence-corrected chi connectivity index (χ4v) is 4.92. The SMILES string of the molecule is COC(=O)c1ccccc1NC(=O)Cn1nnc2sc3c(c2c1=O)CC[C@@H](C)C3. The van der Waals surface area contributed by atoms with Gasteiger partial charge >= 0.3 is 5.97 Å². The van der Waals surface area contributed by atoms with Crippen molar-refractivity contribution in [2.24, 2.45) is 5.92 Å². The molecule has 4 rings (SSSR count). The molecule has 150 valence electrons. The zero-order valence-electron chi connectivity index (χ0n) is 16.1. The highest BCUT2D eigenvalue weighted by Crippen LogP contribution is 2.35. The molecule has 2 aromatic heterocycles. The Morgan fingerprint density at radius 1 is 1.34 bits per heavy atom. The zero-order chi connectivity index (χ0) is 20.5. The molecule has 0 bridgehead atoms. The van der Waals surface area contributed by atoms with E-state index in [2.05, 4.69) is 22.6 Å². The number of carbonyl (C=O) groups excluding carboxylic acids is 2. The van der Waals surface area contributed by atoms with Gasteiger partial charge in [0.1, 0.15) is 6.54 Å². The number of hydrogen-bond acceptors (Lipinski definition) is 7. The van der Waals surface area contributed by atoms with Gasteiger partial charge in [0, 0.05) is 4.88 Å². The van der Waals surface area contributed by atoms with Gasteiger partial charge in [-0.3, -0.25) is 9.59 Å². The first kappa shape index (κ1) is 19.3. The molecule has 29 heavy (non-hydrogen) atoms. The van der Waals surface area contributed by atoms with Crippen molar-refractivity contribution in [1.29, 1.82) is 0 Å². The number of esters is 1. The second-order valence-corrected chi connectivity index (χ2v) is 8.25. The molecule has 2 heterocycles. The van der Waals surface area contributed by atoms with E-state index in [0.717, 1.165) is 29.5 Å². The largest absolute Gasteiger partial charge is 0.465 e. The average molecular weight is 412 g/mol. The first-order chi connectivity index (χ1) is 14.0. The lowest BCUT2D eigenvalue weighted by atomic mass is 9.89. The van der Waals surface area contributed by atoms with E-state index in [1.807, 2.05) is 0 Å². The predicted molar refractivity (Wildman–Crippen MR) is 109 cm³/mol. The molecule has 0 saturated heterocycles. The van der Waals surface area contributed by atoms with E-state index in [4.69, 9.17) is 4.74 Å². The van der Waals surface area contributed by atoms with Crippen LogP contribution in [0.3, 0.4) is 0 Å². The molecule has 0 saturated carbocycles. The number of nitrogens with one attached hydrogen (secondary N) is 1. The number of aryl methyl sites for hydroxylation is 1. The summed E-state index contributed by atoms with van der Waals surface area (Å²) in [4.78, 5) is 39.2. The molecule has 8 nitrogen and oxygen atoms in total. The monoisotopic (exact) mass is 412 g/mol. The normalized spacial score (nSPS) is 15.7. The molecule has 1 aliphatic carbocycles. The van der Waals surface area contributed by atoms with Gasteiger partial charge in [-0.05, 0) is 42.9 Å². The zero-order valence-corrected chi connectivity index (χ0v) is 16.9. The summed E-state index contributed by atoms with van der Waals surface area (Å²) in [7, 11) is 1.27. The van der Waals surface area contributed by atoms with Gasteiger partial charge in [-0.1, -0.05) is 24.3 Å². The molecular weight excluding hydrogens is 392 g/mol. The number of benzene rings is 1. The first-order valence-electron chi connectivity index (χ1n) is 9.33. The van der Waals surface area contributed by atoms with E-state index >= 15 is 0 Å². The van der Waals surface area contributed by atoms with Crippen LogP contribution in [0, 0.1) is 5.92 Å². The minimum absolute atomic E-state index is 0.234. The molecule has 1 aromatic carbocycles. The van der Waals surface area contributed by atoms with Crippen LogP contribution in [0.2, 0.25) is 0 Å². The van der Waals surface area contributed by atoms with Crippen LogP contribution in [0.1, 0.15) is 34.1 Å². The molecule has 1 amide bonds. The van der Waals surface area contributed by atoms with Crippen molar-refractivity contribution in [3.05, 3.63) is 50.6 Å². The Morgan fingerprint density at radius 2 is 2.14 bits per heavy atom. The molecule has 1 atom stereocenters. The lowest BCUT2D eigenvalue weighted by Crippen LogP contribution is -2.31. The number of amides is 1. The van der Waals surface area contributed by atoms with Gasteiger partial charge in [0.05, 0.1) is 23.7 Å². The molecule has 0 radical (unpaired) electrons. The quantitative estimate of drug-likeness (QED) is 0.660. The van der Waals surface area contributed by atoms with E-state index in [0.29, 0.717) is 21.8 Å². The van der Waals surface area contributed by atoms with Gasteiger partial charge in [-0.15, -0.1) is 16.4 Å². The van der Waals surface area contributed by atoms with E-state index in [1.165, 1.54) is 23.3 Å². The number of hydrogen-bond donors (Lipinski definition) is 1. The van der Waals surface area contributed by atoms with Crippen molar-refractivity contribution in [3.8, 4) is 0 Å². The number of aromatic nitrogens is 3. The second-order valence-electron chi connectivity index (χ2n) is 7.17. The van der Waals surface area contributed by atoms with Gasteiger partial charge < -0.3 is 10.1 Å². The minimum atomic E-state index is -0.557. The molecule has 0 aliphatic heterocycles. The van der Waals surface area contributed by atoms with Crippen LogP contribution in [-0.2, 0) is 28.9 Å². The van der Waals surface area contributed by atoms with E-state index < -0.39 is 11.9 Å². The van der Waals surface area contributed by atoms with Gasteiger partial charge in [0.25, 0.3) is 5.56 Å². The van der Waals surface area contributed by atoms with Crippen LogP contribution < -0.4 is 10.9 Å². The summed E-state index contributed by atoms with van der Waals surface area (Å²) in [5.41, 5.74) is 1.29. The number of thiophene rings is 1. The Hall–Kier alpha value is -3.07.